The third kappa shape index (κ3) is 2.58. The van der Waals surface area contributed by atoms with Crippen molar-refractivity contribution in [2.75, 3.05) is 11.9 Å². The molecule has 2 nitrogen and oxygen atoms in total. The molecule has 4 aromatic rings. The van der Waals surface area contributed by atoms with E-state index in [9.17, 15) is 0 Å². The van der Waals surface area contributed by atoms with Crippen molar-refractivity contribution in [3.05, 3.63) is 103 Å². The number of fused-ring (bicyclic) bond motifs is 4. The Morgan fingerprint density at radius 1 is 0.815 bits per heavy atom. The van der Waals surface area contributed by atoms with Gasteiger partial charge >= 0.3 is 0 Å². The summed E-state index contributed by atoms with van der Waals surface area (Å²) >= 11 is 0. The van der Waals surface area contributed by atoms with Crippen molar-refractivity contribution in [3.63, 3.8) is 0 Å². The number of nitrogens with zero attached hydrogens (tertiary/aromatic N) is 1. The lowest BCUT2D eigenvalue weighted by Crippen LogP contribution is -2.03. The van der Waals surface area contributed by atoms with E-state index in [1.165, 1.54) is 21.8 Å². The third-order valence-electron chi connectivity index (χ3n) is 5.14. The van der Waals surface area contributed by atoms with E-state index in [1.807, 2.05) is 6.08 Å². The molecule has 2 heterocycles. The molecule has 5 rings (SSSR count). The minimum Gasteiger partial charge on any atom is -0.381 e. The molecule has 0 unspecified atom stereocenters. The normalized spacial score (nSPS) is 16.2. The molecule has 1 aromatic heterocycles. The van der Waals surface area contributed by atoms with Gasteiger partial charge < -0.3 is 9.88 Å². The Bertz CT molecular complexity index is 1180. The fourth-order valence-corrected chi connectivity index (χ4v) is 3.88. The molecule has 0 aliphatic carbocycles. The summed E-state index contributed by atoms with van der Waals surface area (Å²) in [6.45, 7) is 5.02. The van der Waals surface area contributed by atoms with E-state index in [0.717, 1.165) is 29.1 Å². The molecule has 0 amide bonds. The van der Waals surface area contributed by atoms with Crippen LogP contribution in [0.1, 0.15) is 5.56 Å². The Hall–Kier alpha value is -3.52. The Morgan fingerprint density at radius 3 is 2.26 bits per heavy atom. The van der Waals surface area contributed by atoms with E-state index in [0.29, 0.717) is 0 Å². The Balaban J connectivity index is 1.77. The van der Waals surface area contributed by atoms with E-state index < -0.39 is 0 Å². The predicted molar refractivity (Wildman–Crippen MR) is 117 cm³/mol. The topological polar surface area (TPSA) is 17.0 Å². The second-order valence-electron chi connectivity index (χ2n) is 6.79. The SMILES string of the molecule is C=C1/C=C\C=C/CNc2cc(-n3c4ccccc4c4ccccc43)ccc21. The van der Waals surface area contributed by atoms with Crippen LogP contribution in [0.15, 0.2) is 97.6 Å². The van der Waals surface area contributed by atoms with Gasteiger partial charge in [-0.3, -0.25) is 0 Å². The van der Waals surface area contributed by atoms with E-state index >= 15 is 0 Å². The number of allylic oxidation sites excluding steroid dienone is 4. The first kappa shape index (κ1) is 15.7. The van der Waals surface area contributed by atoms with Crippen LogP contribution >= 0.6 is 0 Å². The zero-order chi connectivity index (χ0) is 18.2. The van der Waals surface area contributed by atoms with Crippen molar-refractivity contribution in [2.45, 2.75) is 0 Å². The average Bonchev–Trinajstić information content (AvgIpc) is 3.08. The Morgan fingerprint density at radius 2 is 1.52 bits per heavy atom. The van der Waals surface area contributed by atoms with Gasteiger partial charge in [-0.15, -0.1) is 0 Å². The molecule has 0 bridgehead atoms. The standard InChI is InChI=1S/C25H20N2/c1-18-9-3-2-8-16-26-23-17-19(14-15-20(18)23)27-24-12-6-4-10-21(24)22-11-5-7-13-25(22)27/h2-15,17,26H,1,16H2/b8-2-,9-3-. The van der Waals surface area contributed by atoms with E-state index in [-0.39, 0.29) is 0 Å². The molecule has 0 saturated heterocycles. The van der Waals surface area contributed by atoms with Gasteiger partial charge in [-0.25, -0.2) is 0 Å². The lowest BCUT2D eigenvalue weighted by molar-refractivity contribution is 1.17. The maximum Gasteiger partial charge on any atom is 0.0541 e. The largest absolute Gasteiger partial charge is 0.381 e. The molecule has 130 valence electrons. The quantitative estimate of drug-likeness (QED) is 0.425. The zero-order valence-corrected chi connectivity index (χ0v) is 15.0. The molecular weight excluding hydrogens is 328 g/mol. The van der Waals surface area contributed by atoms with Crippen LogP contribution in [0, 0.1) is 0 Å². The first-order valence-corrected chi connectivity index (χ1v) is 9.22. The lowest BCUT2D eigenvalue weighted by Gasteiger charge is -2.15. The number of nitrogens with one attached hydrogen (secondary N) is 1. The minimum absolute atomic E-state index is 0.793. The molecule has 0 radical (unpaired) electrons. The minimum atomic E-state index is 0.793. The van der Waals surface area contributed by atoms with Crippen LogP contribution < -0.4 is 5.32 Å². The summed E-state index contributed by atoms with van der Waals surface area (Å²) in [5.41, 5.74) is 6.85. The van der Waals surface area contributed by atoms with Gasteiger partial charge in [0.15, 0.2) is 0 Å². The number of rotatable bonds is 1. The molecule has 0 spiro atoms. The highest BCUT2D eigenvalue weighted by Crippen LogP contribution is 2.34. The van der Waals surface area contributed by atoms with Gasteiger partial charge in [0.25, 0.3) is 0 Å². The van der Waals surface area contributed by atoms with Crippen LogP contribution in [0.4, 0.5) is 5.69 Å². The lowest BCUT2D eigenvalue weighted by atomic mass is 10.0. The maximum atomic E-state index is 4.22. The molecule has 1 aliphatic rings. The summed E-state index contributed by atoms with van der Waals surface area (Å²) in [6, 6.07) is 23.8. The molecule has 27 heavy (non-hydrogen) atoms. The third-order valence-corrected chi connectivity index (χ3v) is 5.14. The fraction of sp³-hybridized carbons (Fsp3) is 0.0400. The molecule has 0 atom stereocenters. The predicted octanol–water partition coefficient (Wildman–Crippen LogP) is 6.33. The van der Waals surface area contributed by atoms with Crippen molar-refractivity contribution < 1.29 is 0 Å². The summed E-state index contributed by atoms with van der Waals surface area (Å²) in [5.74, 6) is 0. The molecule has 0 saturated carbocycles. The van der Waals surface area contributed by atoms with Crippen LogP contribution in [0.2, 0.25) is 0 Å². The fourth-order valence-electron chi connectivity index (χ4n) is 3.88. The molecule has 1 aliphatic heterocycles. The van der Waals surface area contributed by atoms with Gasteiger partial charge in [0, 0.05) is 34.3 Å². The highest BCUT2D eigenvalue weighted by molar-refractivity contribution is 6.09. The second-order valence-corrected chi connectivity index (χ2v) is 6.79. The van der Waals surface area contributed by atoms with Gasteiger partial charge in [0.1, 0.15) is 0 Å². The average molecular weight is 348 g/mol. The van der Waals surface area contributed by atoms with E-state index in [2.05, 4.69) is 101 Å². The highest BCUT2D eigenvalue weighted by atomic mass is 15.0. The first-order chi connectivity index (χ1) is 13.3. The molecule has 1 N–H and O–H groups in total. The Labute approximate surface area is 158 Å². The van der Waals surface area contributed by atoms with Crippen LogP contribution in [-0.4, -0.2) is 11.1 Å². The number of anilines is 1. The summed E-state index contributed by atoms with van der Waals surface area (Å²) in [6.07, 6.45) is 8.27. The van der Waals surface area contributed by atoms with Gasteiger partial charge in [-0.2, -0.15) is 0 Å². The molecule has 2 heteroatoms. The van der Waals surface area contributed by atoms with Crippen LogP contribution in [0.5, 0.6) is 0 Å². The number of hydrogen-bond donors (Lipinski definition) is 1. The molecule has 0 fully saturated rings. The summed E-state index contributed by atoms with van der Waals surface area (Å²) in [7, 11) is 0. The van der Waals surface area contributed by atoms with Crippen molar-refractivity contribution in [3.8, 4) is 5.69 Å². The van der Waals surface area contributed by atoms with Crippen LogP contribution in [0.3, 0.4) is 0 Å². The van der Waals surface area contributed by atoms with E-state index in [4.69, 9.17) is 0 Å². The van der Waals surface area contributed by atoms with Crippen LogP contribution in [-0.2, 0) is 0 Å². The van der Waals surface area contributed by atoms with Gasteiger partial charge in [0.05, 0.1) is 11.0 Å². The van der Waals surface area contributed by atoms with Gasteiger partial charge in [0.2, 0.25) is 0 Å². The summed E-state index contributed by atoms with van der Waals surface area (Å²) in [5, 5.41) is 6.09. The zero-order valence-electron chi connectivity index (χ0n) is 15.0. The van der Waals surface area contributed by atoms with Gasteiger partial charge in [-0.1, -0.05) is 73.3 Å². The van der Waals surface area contributed by atoms with Crippen molar-refractivity contribution in [1.82, 2.24) is 4.57 Å². The van der Waals surface area contributed by atoms with E-state index in [1.54, 1.807) is 0 Å². The number of hydrogen-bond acceptors (Lipinski definition) is 1. The number of benzene rings is 3. The maximum absolute atomic E-state index is 4.22. The molecule has 3 aromatic carbocycles. The first-order valence-electron chi connectivity index (χ1n) is 9.22. The van der Waals surface area contributed by atoms with Crippen LogP contribution in [0.25, 0.3) is 33.1 Å². The molecular formula is C25H20N2. The van der Waals surface area contributed by atoms with Crippen molar-refractivity contribution >= 4 is 33.1 Å². The number of para-hydroxylation sites is 2. The van der Waals surface area contributed by atoms with Gasteiger partial charge in [-0.05, 0) is 29.8 Å². The number of aromatic nitrogens is 1. The Kier molecular flexibility index (Phi) is 3.68. The monoisotopic (exact) mass is 348 g/mol. The van der Waals surface area contributed by atoms with Crippen molar-refractivity contribution in [1.29, 1.82) is 0 Å². The smallest absolute Gasteiger partial charge is 0.0541 e. The summed E-state index contributed by atoms with van der Waals surface area (Å²) < 4.78 is 2.34. The second kappa shape index (κ2) is 6.33. The highest BCUT2D eigenvalue weighted by Gasteiger charge is 2.13. The van der Waals surface area contributed by atoms with Crippen molar-refractivity contribution in [2.24, 2.45) is 0 Å². The summed E-state index contributed by atoms with van der Waals surface area (Å²) in [4.78, 5) is 0.